The third kappa shape index (κ3) is 4.78. The average molecular weight is 452 g/mol. The molecule has 0 aliphatic carbocycles. The van der Waals surface area contributed by atoms with Gasteiger partial charge in [-0.3, -0.25) is 9.69 Å². The molecule has 0 radical (unpaired) electrons. The predicted molar refractivity (Wildman–Crippen MR) is 132 cm³/mol. The highest BCUT2D eigenvalue weighted by molar-refractivity contribution is 8.18. The molecule has 32 heavy (non-hydrogen) atoms. The summed E-state index contributed by atoms with van der Waals surface area (Å²) in [6, 6.07) is 13.9. The van der Waals surface area contributed by atoms with Crippen LogP contribution in [0.25, 0.3) is 6.08 Å². The molecule has 2 aromatic carbocycles. The van der Waals surface area contributed by atoms with E-state index in [4.69, 9.17) is 14.5 Å². The summed E-state index contributed by atoms with van der Waals surface area (Å²) in [5, 5.41) is 0.704. The molecule has 0 saturated carbocycles. The quantitative estimate of drug-likeness (QED) is 0.557. The smallest absolute Gasteiger partial charge is 0.266 e. The van der Waals surface area contributed by atoms with Gasteiger partial charge in [-0.05, 0) is 86.0 Å². The van der Waals surface area contributed by atoms with Crippen molar-refractivity contribution < 1.29 is 14.3 Å². The number of anilines is 1. The maximum Gasteiger partial charge on any atom is 0.266 e. The molecule has 0 spiro atoms. The minimum Gasteiger partial charge on any atom is -0.493 e. The van der Waals surface area contributed by atoms with E-state index < -0.39 is 0 Å². The number of amidine groups is 1. The standard InChI is InChI=1S/C25H29N3O3S/c1-4-28-24(29)23(17-18-8-13-21(30-2)22(16-18)31-3)32-25(28)26-19-9-11-20(12-10-19)27-14-6-5-7-15-27/h8-13,16-17H,4-7,14-15H2,1-3H3/b23-17-,26-25?. The number of methoxy groups -OCH3 is 2. The van der Waals surface area contributed by atoms with Gasteiger partial charge in [0.05, 0.1) is 24.8 Å². The van der Waals surface area contributed by atoms with Crippen LogP contribution in [0.5, 0.6) is 11.5 Å². The van der Waals surface area contributed by atoms with E-state index in [0.29, 0.717) is 28.1 Å². The Morgan fingerprint density at radius 3 is 2.38 bits per heavy atom. The number of ether oxygens (including phenoxy) is 2. The Morgan fingerprint density at radius 2 is 1.72 bits per heavy atom. The Morgan fingerprint density at radius 1 is 1.00 bits per heavy atom. The van der Waals surface area contributed by atoms with Crippen molar-refractivity contribution in [3.8, 4) is 11.5 Å². The Balaban J connectivity index is 1.55. The summed E-state index contributed by atoms with van der Waals surface area (Å²) in [6.07, 6.45) is 5.70. The van der Waals surface area contributed by atoms with E-state index in [0.717, 1.165) is 24.3 Å². The van der Waals surface area contributed by atoms with Crippen molar-refractivity contribution >= 4 is 40.3 Å². The Bertz CT molecular complexity index is 1030. The number of amides is 1. The van der Waals surface area contributed by atoms with Gasteiger partial charge in [-0.1, -0.05) is 6.07 Å². The zero-order valence-electron chi connectivity index (χ0n) is 18.8. The molecule has 0 bridgehead atoms. The molecule has 0 atom stereocenters. The van der Waals surface area contributed by atoms with Gasteiger partial charge in [0.25, 0.3) is 5.91 Å². The first kappa shape index (κ1) is 22.3. The van der Waals surface area contributed by atoms with Crippen molar-refractivity contribution in [1.29, 1.82) is 0 Å². The largest absolute Gasteiger partial charge is 0.493 e. The summed E-state index contributed by atoms with van der Waals surface area (Å²) in [6.45, 7) is 4.77. The van der Waals surface area contributed by atoms with Crippen LogP contribution in [0.3, 0.4) is 0 Å². The lowest BCUT2D eigenvalue weighted by atomic mass is 10.1. The van der Waals surface area contributed by atoms with Gasteiger partial charge in [0, 0.05) is 25.3 Å². The van der Waals surface area contributed by atoms with Gasteiger partial charge in [0.1, 0.15) is 0 Å². The Hall–Kier alpha value is -2.93. The van der Waals surface area contributed by atoms with Gasteiger partial charge >= 0.3 is 0 Å². The molecule has 2 heterocycles. The summed E-state index contributed by atoms with van der Waals surface area (Å²) >= 11 is 1.40. The average Bonchev–Trinajstić information content (AvgIpc) is 3.13. The Labute approximate surface area is 193 Å². The second kappa shape index (κ2) is 10.1. The molecule has 2 saturated heterocycles. The molecule has 2 fully saturated rings. The van der Waals surface area contributed by atoms with Crippen molar-refractivity contribution in [3.05, 3.63) is 52.9 Å². The van der Waals surface area contributed by atoms with Crippen LogP contribution in [0.1, 0.15) is 31.7 Å². The molecule has 7 heteroatoms. The number of carbonyl (C=O) groups is 1. The van der Waals surface area contributed by atoms with E-state index in [-0.39, 0.29) is 5.91 Å². The lowest BCUT2D eigenvalue weighted by molar-refractivity contribution is -0.122. The van der Waals surface area contributed by atoms with Gasteiger partial charge in [0.2, 0.25) is 0 Å². The van der Waals surface area contributed by atoms with Crippen LogP contribution in [0, 0.1) is 0 Å². The number of hydrogen-bond donors (Lipinski definition) is 0. The minimum absolute atomic E-state index is 0.0315. The first-order chi connectivity index (χ1) is 15.6. The van der Waals surface area contributed by atoms with Crippen LogP contribution >= 0.6 is 11.8 Å². The second-order valence-corrected chi connectivity index (χ2v) is 8.74. The number of thioether (sulfide) groups is 1. The molecule has 168 valence electrons. The number of hydrogen-bond acceptors (Lipinski definition) is 6. The molecular weight excluding hydrogens is 422 g/mol. The molecular formula is C25H29N3O3S. The molecule has 1 amide bonds. The highest BCUT2D eigenvalue weighted by Crippen LogP contribution is 2.36. The molecule has 2 aromatic rings. The zero-order chi connectivity index (χ0) is 22.5. The molecule has 0 unspecified atom stereocenters. The third-order valence-electron chi connectivity index (χ3n) is 5.71. The number of benzene rings is 2. The van der Waals surface area contributed by atoms with Crippen molar-refractivity contribution in [2.75, 3.05) is 38.8 Å². The summed E-state index contributed by atoms with van der Waals surface area (Å²) in [7, 11) is 3.21. The Kier molecular flexibility index (Phi) is 7.05. The third-order valence-corrected chi connectivity index (χ3v) is 6.71. The first-order valence-corrected chi connectivity index (χ1v) is 11.8. The van der Waals surface area contributed by atoms with Gasteiger partial charge in [0.15, 0.2) is 16.7 Å². The van der Waals surface area contributed by atoms with Crippen LogP contribution in [0.15, 0.2) is 52.4 Å². The lowest BCUT2D eigenvalue weighted by Gasteiger charge is -2.28. The fourth-order valence-electron chi connectivity index (χ4n) is 3.96. The summed E-state index contributed by atoms with van der Waals surface area (Å²) in [4.78, 5) is 22.5. The van der Waals surface area contributed by atoms with E-state index in [9.17, 15) is 4.79 Å². The van der Waals surface area contributed by atoms with Crippen molar-refractivity contribution in [3.63, 3.8) is 0 Å². The van der Waals surface area contributed by atoms with E-state index >= 15 is 0 Å². The zero-order valence-corrected chi connectivity index (χ0v) is 19.7. The molecule has 2 aliphatic heterocycles. The fraction of sp³-hybridized carbons (Fsp3) is 0.360. The van der Waals surface area contributed by atoms with E-state index in [1.165, 1.54) is 36.7 Å². The van der Waals surface area contributed by atoms with Crippen molar-refractivity contribution in [2.45, 2.75) is 26.2 Å². The summed E-state index contributed by atoms with van der Waals surface area (Å²) in [5.74, 6) is 1.26. The highest BCUT2D eigenvalue weighted by Gasteiger charge is 2.32. The van der Waals surface area contributed by atoms with Crippen LogP contribution < -0.4 is 14.4 Å². The van der Waals surface area contributed by atoms with Gasteiger partial charge in [-0.2, -0.15) is 0 Å². The number of rotatable bonds is 6. The normalized spacial score (nSPS) is 19.2. The number of piperidine rings is 1. The highest BCUT2D eigenvalue weighted by atomic mass is 32.2. The van der Waals surface area contributed by atoms with E-state index in [1.54, 1.807) is 19.1 Å². The summed E-state index contributed by atoms with van der Waals surface area (Å²) in [5.41, 5.74) is 2.97. The summed E-state index contributed by atoms with van der Waals surface area (Å²) < 4.78 is 10.7. The van der Waals surface area contributed by atoms with E-state index in [1.807, 2.05) is 43.3 Å². The molecule has 6 nitrogen and oxygen atoms in total. The van der Waals surface area contributed by atoms with Gasteiger partial charge in [-0.25, -0.2) is 4.99 Å². The molecule has 0 N–H and O–H groups in total. The number of likely N-dealkylation sites (N-methyl/N-ethyl adjacent to an activating group) is 1. The number of aliphatic imine (C=N–C) groups is 1. The lowest BCUT2D eigenvalue weighted by Crippen LogP contribution is -2.29. The SMILES string of the molecule is CCN1C(=O)/C(=C/c2ccc(OC)c(OC)c2)SC1=Nc1ccc(N2CCCCC2)cc1. The van der Waals surface area contributed by atoms with Crippen LogP contribution in [-0.2, 0) is 4.79 Å². The van der Waals surface area contributed by atoms with Crippen LogP contribution in [0.2, 0.25) is 0 Å². The van der Waals surface area contributed by atoms with Gasteiger partial charge < -0.3 is 14.4 Å². The second-order valence-electron chi connectivity index (χ2n) is 7.73. The van der Waals surface area contributed by atoms with E-state index in [2.05, 4.69) is 17.0 Å². The molecule has 4 rings (SSSR count). The molecule has 0 aromatic heterocycles. The van der Waals surface area contributed by atoms with Crippen molar-refractivity contribution in [2.24, 2.45) is 4.99 Å². The predicted octanol–water partition coefficient (Wildman–Crippen LogP) is 5.32. The number of nitrogens with zero attached hydrogens (tertiary/aromatic N) is 3. The minimum atomic E-state index is -0.0315. The van der Waals surface area contributed by atoms with Crippen LogP contribution in [0.4, 0.5) is 11.4 Å². The molecule has 2 aliphatic rings. The fourth-order valence-corrected chi connectivity index (χ4v) is 5.03. The maximum atomic E-state index is 13.0. The van der Waals surface area contributed by atoms with Crippen molar-refractivity contribution in [1.82, 2.24) is 4.90 Å². The van der Waals surface area contributed by atoms with Gasteiger partial charge in [-0.15, -0.1) is 0 Å². The number of carbonyl (C=O) groups excluding carboxylic acids is 1. The topological polar surface area (TPSA) is 54.4 Å². The maximum absolute atomic E-state index is 13.0. The first-order valence-electron chi connectivity index (χ1n) is 11.0. The monoisotopic (exact) mass is 451 g/mol. The van der Waals surface area contributed by atoms with Crippen LogP contribution in [-0.4, -0.2) is 49.8 Å².